The van der Waals surface area contributed by atoms with Gasteiger partial charge in [0, 0.05) is 51.4 Å². The van der Waals surface area contributed by atoms with E-state index in [1.807, 2.05) is 56.0 Å². The summed E-state index contributed by atoms with van der Waals surface area (Å²) in [5, 5.41) is 11.0. The minimum Gasteiger partial charge on any atom is -0.494 e. The standard InChI is InChI=1S/C34H40N8O4/c1-9-29(43)36-24-17-25(28(45-8)18-26(24)41(6)15-14-40(4)5)37-34-35-19-23(33(44)46-20(2)3)31(38-34)32-30-22-13-11-10-12-21(22)16-27(30)42(7)39-32/h9-13,17-20H,1,14-16H2,2-8H3,(H,36,43)(H,35,37,38). The highest BCUT2D eigenvalue weighted by Gasteiger charge is 2.31. The SMILES string of the molecule is C=CC(=O)Nc1cc(Nc2ncc(C(=O)OC(C)C)c(-c3nn(C)c4c3-c3ccccc3C4)n2)c(OC)cc1N(C)CCN(C)C. The summed E-state index contributed by atoms with van der Waals surface area (Å²) in [6.45, 7) is 8.69. The molecule has 0 radical (unpaired) electrons. The van der Waals surface area contributed by atoms with Crippen molar-refractivity contribution in [2.24, 2.45) is 7.05 Å². The van der Waals surface area contributed by atoms with Crippen LogP contribution in [0, 0.1) is 0 Å². The second-order valence-corrected chi connectivity index (χ2v) is 11.7. The molecular formula is C34H40N8O4. The molecule has 1 amide bonds. The Balaban J connectivity index is 1.61. The molecule has 2 heterocycles. The Bertz CT molecular complexity index is 1800. The first-order valence-electron chi connectivity index (χ1n) is 15.0. The van der Waals surface area contributed by atoms with E-state index in [4.69, 9.17) is 19.6 Å². The summed E-state index contributed by atoms with van der Waals surface area (Å²) in [6.07, 6.45) is 3.06. The third-order valence-electron chi connectivity index (χ3n) is 7.69. The van der Waals surface area contributed by atoms with Crippen molar-refractivity contribution in [1.29, 1.82) is 0 Å². The van der Waals surface area contributed by atoms with Crippen molar-refractivity contribution in [3.8, 4) is 28.3 Å². The second-order valence-electron chi connectivity index (χ2n) is 11.7. The molecule has 0 saturated heterocycles. The molecule has 2 N–H and O–H groups in total. The number of fused-ring (bicyclic) bond motifs is 3. The van der Waals surface area contributed by atoms with Gasteiger partial charge in [0.05, 0.1) is 36.0 Å². The number of esters is 1. The predicted octanol–water partition coefficient (Wildman–Crippen LogP) is 4.89. The lowest BCUT2D eigenvalue weighted by molar-refractivity contribution is -0.111. The molecule has 0 aliphatic heterocycles. The molecule has 12 nitrogen and oxygen atoms in total. The molecule has 0 atom stereocenters. The van der Waals surface area contributed by atoms with Crippen molar-refractivity contribution in [3.05, 3.63) is 72.1 Å². The van der Waals surface area contributed by atoms with Gasteiger partial charge in [0.2, 0.25) is 11.9 Å². The number of carbonyl (C=O) groups excluding carboxylic acids is 2. The number of nitrogens with one attached hydrogen (secondary N) is 2. The van der Waals surface area contributed by atoms with Crippen LogP contribution in [-0.4, -0.2) is 84.0 Å². The van der Waals surface area contributed by atoms with Gasteiger partial charge in [-0.05, 0) is 51.2 Å². The van der Waals surface area contributed by atoms with Crippen LogP contribution in [0.3, 0.4) is 0 Å². The van der Waals surface area contributed by atoms with Gasteiger partial charge in [-0.15, -0.1) is 0 Å². The Morgan fingerprint density at radius 1 is 1.11 bits per heavy atom. The molecule has 0 bridgehead atoms. The van der Waals surface area contributed by atoms with Crippen LogP contribution < -0.4 is 20.3 Å². The molecule has 2 aromatic carbocycles. The van der Waals surface area contributed by atoms with Crippen molar-refractivity contribution in [2.75, 3.05) is 56.9 Å². The fourth-order valence-electron chi connectivity index (χ4n) is 5.38. The van der Waals surface area contributed by atoms with Gasteiger partial charge in [-0.25, -0.2) is 14.8 Å². The topological polar surface area (TPSA) is 127 Å². The van der Waals surface area contributed by atoms with Gasteiger partial charge in [0.1, 0.15) is 22.7 Å². The van der Waals surface area contributed by atoms with Crippen LogP contribution in [0.2, 0.25) is 0 Å². The first-order chi connectivity index (χ1) is 22.0. The van der Waals surface area contributed by atoms with E-state index in [-0.39, 0.29) is 23.5 Å². The number of hydrogen-bond acceptors (Lipinski definition) is 10. The molecule has 5 rings (SSSR count). The zero-order valence-electron chi connectivity index (χ0n) is 27.3. The number of nitrogens with zero attached hydrogens (tertiary/aromatic N) is 6. The van der Waals surface area contributed by atoms with Gasteiger partial charge in [-0.3, -0.25) is 9.48 Å². The lowest BCUT2D eigenvalue weighted by Gasteiger charge is -2.26. The smallest absolute Gasteiger partial charge is 0.342 e. The monoisotopic (exact) mass is 624 g/mol. The largest absolute Gasteiger partial charge is 0.494 e. The van der Waals surface area contributed by atoms with Crippen LogP contribution in [0.4, 0.5) is 23.0 Å². The van der Waals surface area contributed by atoms with Crippen LogP contribution in [0.5, 0.6) is 5.75 Å². The number of aromatic nitrogens is 4. The Hall–Kier alpha value is -5.23. The number of amides is 1. The Morgan fingerprint density at radius 3 is 2.57 bits per heavy atom. The highest BCUT2D eigenvalue weighted by atomic mass is 16.5. The highest BCUT2D eigenvalue weighted by Crippen LogP contribution is 2.43. The highest BCUT2D eigenvalue weighted by molar-refractivity contribution is 6.02. The number of likely N-dealkylation sites (N-methyl/N-ethyl adjacent to an activating group) is 2. The van der Waals surface area contributed by atoms with Gasteiger partial charge in [0.25, 0.3) is 0 Å². The number of rotatable bonds is 12. The molecule has 12 heteroatoms. The Morgan fingerprint density at radius 2 is 1.87 bits per heavy atom. The minimum atomic E-state index is -0.542. The summed E-state index contributed by atoms with van der Waals surface area (Å²) in [5.41, 5.74) is 7.11. The Kier molecular flexibility index (Phi) is 9.38. The van der Waals surface area contributed by atoms with E-state index in [1.54, 1.807) is 27.0 Å². The van der Waals surface area contributed by atoms with Gasteiger partial charge >= 0.3 is 5.97 Å². The van der Waals surface area contributed by atoms with Crippen molar-refractivity contribution in [3.63, 3.8) is 0 Å². The van der Waals surface area contributed by atoms with Crippen molar-refractivity contribution in [2.45, 2.75) is 26.4 Å². The van der Waals surface area contributed by atoms with E-state index in [2.05, 4.69) is 39.2 Å². The molecule has 1 aliphatic rings. The summed E-state index contributed by atoms with van der Waals surface area (Å²) in [7, 11) is 9.41. The second kappa shape index (κ2) is 13.4. The first-order valence-corrected chi connectivity index (χ1v) is 15.0. The lowest BCUT2D eigenvalue weighted by atomic mass is 10.0. The molecule has 1 aliphatic carbocycles. The van der Waals surface area contributed by atoms with Crippen molar-refractivity contribution < 1.29 is 19.1 Å². The van der Waals surface area contributed by atoms with E-state index in [0.717, 1.165) is 35.5 Å². The number of aryl methyl sites for hydroxylation is 1. The zero-order valence-corrected chi connectivity index (χ0v) is 27.3. The summed E-state index contributed by atoms with van der Waals surface area (Å²) >= 11 is 0. The van der Waals surface area contributed by atoms with Crippen LogP contribution >= 0.6 is 0 Å². The normalized spacial score (nSPS) is 11.7. The van der Waals surface area contributed by atoms with E-state index < -0.39 is 5.97 Å². The molecule has 4 aromatic rings. The lowest BCUT2D eigenvalue weighted by Crippen LogP contribution is -2.29. The van der Waals surface area contributed by atoms with Crippen molar-refractivity contribution >= 4 is 34.9 Å². The van der Waals surface area contributed by atoms with E-state index in [1.165, 1.54) is 17.8 Å². The predicted molar refractivity (Wildman–Crippen MR) is 180 cm³/mol. The fraction of sp³-hybridized carbons (Fsp3) is 0.324. The quantitative estimate of drug-likeness (QED) is 0.146. The maximum absolute atomic E-state index is 13.3. The van der Waals surface area contributed by atoms with Crippen molar-refractivity contribution in [1.82, 2.24) is 24.6 Å². The molecule has 2 aromatic heterocycles. The van der Waals surface area contributed by atoms with Crippen LogP contribution in [0.25, 0.3) is 22.5 Å². The molecule has 0 fully saturated rings. The molecule has 240 valence electrons. The zero-order chi connectivity index (χ0) is 33.1. The average molecular weight is 625 g/mol. The number of methoxy groups -OCH3 is 1. The third kappa shape index (κ3) is 6.57. The van der Waals surface area contributed by atoms with Gasteiger partial charge < -0.3 is 29.9 Å². The van der Waals surface area contributed by atoms with Crippen LogP contribution in [0.1, 0.15) is 35.5 Å². The minimum absolute atomic E-state index is 0.202. The molecule has 0 unspecified atom stereocenters. The summed E-state index contributed by atoms with van der Waals surface area (Å²) in [4.78, 5) is 39.2. The number of carbonyl (C=O) groups is 2. The number of benzene rings is 2. The van der Waals surface area contributed by atoms with Gasteiger partial charge in [-0.1, -0.05) is 30.8 Å². The summed E-state index contributed by atoms with van der Waals surface area (Å²) < 4.78 is 13.2. The first kappa shape index (κ1) is 32.2. The van der Waals surface area contributed by atoms with E-state index in [9.17, 15) is 9.59 Å². The van der Waals surface area contributed by atoms with E-state index >= 15 is 0 Å². The summed E-state index contributed by atoms with van der Waals surface area (Å²) in [5.74, 6) is -0.187. The van der Waals surface area contributed by atoms with Crippen LogP contribution in [0.15, 0.2) is 55.3 Å². The fourth-order valence-corrected chi connectivity index (χ4v) is 5.38. The van der Waals surface area contributed by atoms with E-state index in [0.29, 0.717) is 35.1 Å². The van der Waals surface area contributed by atoms with Gasteiger partial charge in [-0.2, -0.15) is 5.10 Å². The third-order valence-corrected chi connectivity index (χ3v) is 7.69. The maximum atomic E-state index is 13.3. The molecular weight excluding hydrogens is 584 g/mol. The number of hydrogen-bond donors (Lipinski definition) is 2. The van der Waals surface area contributed by atoms with Gasteiger partial charge in [0.15, 0.2) is 0 Å². The van der Waals surface area contributed by atoms with Crippen LogP contribution in [-0.2, 0) is 23.0 Å². The Labute approximate surface area is 269 Å². The summed E-state index contributed by atoms with van der Waals surface area (Å²) in [6, 6.07) is 11.8. The number of anilines is 4. The molecule has 0 saturated carbocycles. The maximum Gasteiger partial charge on any atom is 0.342 e. The average Bonchev–Trinajstić information content (AvgIpc) is 3.56. The molecule has 46 heavy (non-hydrogen) atoms. The number of ether oxygens (including phenoxy) is 2. The molecule has 0 spiro atoms.